The summed E-state index contributed by atoms with van der Waals surface area (Å²) in [7, 11) is 0. The van der Waals surface area contributed by atoms with Gasteiger partial charge >= 0.3 is 0 Å². The Bertz CT molecular complexity index is 249. The van der Waals surface area contributed by atoms with Gasteiger partial charge in [0.2, 0.25) is 5.95 Å². The van der Waals surface area contributed by atoms with Gasteiger partial charge in [0.05, 0.1) is 0 Å². The van der Waals surface area contributed by atoms with Gasteiger partial charge in [-0.25, -0.2) is 4.99 Å². The Labute approximate surface area is 73.0 Å². The van der Waals surface area contributed by atoms with Gasteiger partial charge in [-0.2, -0.15) is 4.39 Å². The lowest BCUT2D eigenvalue weighted by Gasteiger charge is -2.05. The molecule has 0 aromatic rings. The van der Waals surface area contributed by atoms with E-state index in [9.17, 15) is 4.39 Å². The van der Waals surface area contributed by atoms with Gasteiger partial charge in [0.1, 0.15) is 0 Å². The van der Waals surface area contributed by atoms with Crippen molar-refractivity contribution in [2.45, 2.75) is 20.3 Å². The van der Waals surface area contributed by atoms with E-state index in [1.807, 2.05) is 6.92 Å². The zero-order valence-corrected chi connectivity index (χ0v) is 7.65. The number of nitrogens with zero attached hydrogens (tertiary/aromatic N) is 1. The van der Waals surface area contributed by atoms with E-state index in [1.165, 1.54) is 0 Å². The number of aliphatic imine (C=N–C) groups is 1. The average molecular weight is 167 g/mol. The molecule has 0 aromatic heterocycles. The second-order valence-corrected chi connectivity index (χ2v) is 2.51. The molecular formula is C10H14FN. The highest BCUT2D eigenvalue weighted by molar-refractivity contribution is 6.01. The number of hydrogen-bond acceptors (Lipinski definition) is 1. The quantitative estimate of drug-likeness (QED) is 0.345. The monoisotopic (exact) mass is 167 g/mol. The van der Waals surface area contributed by atoms with Gasteiger partial charge < -0.3 is 0 Å². The summed E-state index contributed by atoms with van der Waals surface area (Å²) < 4.78 is 12.2. The van der Waals surface area contributed by atoms with E-state index in [0.29, 0.717) is 11.3 Å². The summed E-state index contributed by atoms with van der Waals surface area (Å²) in [5.74, 6) is -0.697. The first-order chi connectivity index (χ1) is 5.49. The molecule has 0 aliphatic heterocycles. The van der Waals surface area contributed by atoms with Crippen LogP contribution >= 0.6 is 0 Å². The Hall–Kier alpha value is -1.18. The number of hydrogen-bond donors (Lipinski definition) is 0. The zero-order valence-electron chi connectivity index (χ0n) is 7.65. The van der Waals surface area contributed by atoms with Crippen molar-refractivity contribution >= 4 is 5.71 Å². The van der Waals surface area contributed by atoms with E-state index < -0.39 is 5.95 Å². The van der Waals surface area contributed by atoms with Crippen LogP contribution in [-0.2, 0) is 0 Å². The zero-order chi connectivity index (χ0) is 9.72. The van der Waals surface area contributed by atoms with Crippen LogP contribution in [0.2, 0.25) is 0 Å². The summed E-state index contributed by atoms with van der Waals surface area (Å²) in [6, 6.07) is 0. The van der Waals surface area contributed by atoms with Crippen LogP contribution in [-0.4, -0.2) is 5.71 Å². The van der Waals surface area contributed by atoms with Crippen molar-refractivity contribution in [1.29, 1.82) is 0 Å². The first kappa shape index (κ1) is 10.8. The van der Waals surface area contributed by atoms with Crippen molar-refractivity contribution in [3.8, 4) is 0 Å². The van der Waals surface area contributed by atoms with E-state index in [2.05, 4.69) is 24.7 Å². The van der Waals surface area contributed by atoms with Gasteiger partial charge in [-0.15, -0.1) is 0 Å². The van der Waals surface area contributed by atoms with Crippen molar-refractivity contribution in [2.75, 3.05) is 0 Å². The molecule has 0 amide bonds. The molecule has 2 heteroatoms. The molecule has 0 saturated heterocycles. The lowest BCUT2D eigenvalue weighted by molar-refractivity contribution is 0.633. The molecular weight excluding hydrogens is 153 g/mol. The van der Waals surface area contributed by atoms with E-state index in [4.69, 9.17) is 0 Å². The maximum Gasteiger partial charge on any atom is 0.205 e. The van der Waals surface area contributed by atoms with E-state index >= 15 is 0 Å². The van der Waals surface area contributed by atoms with Crippen molar-refractivity contribution in [3.05, 3.63) is 36.8 Å². The predicted octanol–water partition coefficient (Wildman–Crippen LogP) is 3.41. The summed E-state index contributed by atoms with van der Waals surface area (Å²) in [6.07, 6.45) is 0.796. The third-order valence-corrected chi connectivity index (χ3v) is 1.58. The van der Waals surface area contributed by atoms with E-state index in [-0.39, 0.29) is 0 Å². The van der Waals surface area contributed by atoms with Crippen LogP contribution in [0.25, 0.3) is 0 Å². The minimum atomic E-state index is -0.697. The molecule has 1 nitrogen and oxygen atoms in total. The summed E-state index contributed by atoms with van der Waals surface area (Å²) in [5.41, 5.74) is 2.10. The first-order valence-electron chi connectivity index (χ1n) is 3.76. The SMILES string of the molecule is C=C(F)/N=C(/C)C(=C)C(=C)CC. The van der Waals surface area contributed by atoms with Gasteiger partial charge in [0.15, 0.2) is 0 Å². The summed E-state index contributed by atoms with van der Waals surface area (Å²) in [5, 5.41) is 0. The van der Waals surface area contributed by atoms with Crippen LogP contribution in [0.4, 0.5) is 4.39 Å². The highest BCUT2D eigenvalue weighted by Gasteiger charge is 2.01. The molecule has 0 bridgehead atoms. The molecule has 0 rings (SSSR count). The Balaban J connectivity index is 4.50. The van der Waals surface area contributed by atoms with Crippen LogP contribution < -0.4 is 0 Å². The van der Waals surface area contributed by atoms with Crippen LogP contribution in [0.3, 0.4) is 0 Å². The highest BCUT2D eigenvalue weighted by Crippen LogP contribution is 2.12. The second-order valence-electron chi connectivity index (χ2n) is 2.51. The third kappa shape index (κ3) is 3.28. The maximum absolute atomic E-state index is 12.2. The minimum Gasteiger partial charge on any atom is -0.225 e. The second kappa shape index (κ2) is 4.65. The molecule has 0 radical (unpaired) electrons. The normalized spacial score (nSPS) is 11.1. The maximum atomic E-state index is 12.2. The molecule has 0 aliphatic rings. The lowest BCUT2D eigenvalue weighted by atomic mass is 10.0. The number of allylic oxidation sites excluding steroid dienone is 2. The Kier molecular flexibility index (Phi) is 4.19. The molecule has 0 N–H and O–H groups in total. The van der Waals surface area contributed by atoms with Gasteiger partial charge in [0.25, 0.3) is 0 Å². The largest absolute Gasteiger partial charge is 0.225 e. The number of rotatable bonds is 4. The van der Waals surface area contributed by atoms with Gasteiger partial charge in [-0.3, -0.25) is 0 Å². The molecule has 66 valence electrons. The van der Waals surface area contributed by atoms with Crippen molar-refractivity contribution < 1.29 is 4.39 Å². The molecule has 0 spiro atoms. The fourth-order valence-electron chi connectivity index (χ4n) is 0.719. The minimum absolute atomic E-state index is 0.536. The van der Waals surface area contributed by atoms with Crippen molar-refractivity contribution in [2.24, 2.45) is 4.99 Å². The third-order valence-electron chi connectivity index (χ3n) is 1.58. The van der Waals surface area contributed by atoms with Crippen LogP contribution in [0, 0.1) is 0 Å². The smallest absolute Gasteiger partial charge is 0.205 e. The van der Waals surface area contributed by atoms with E-state index in [1.54, 1.807) is 6.92 Å². The highest BCUT2D eigenvalue weighted by atomic mass is 19.1. The average Bonchev–Trinajstić information content (AvgIpc) is 2.00. The van der Waals surface area contributed by atoms with Crippen LogP contribution in [0.1, 0.15) is 20.3 Å². The summed E-state index contributed by atoms with van der Waals surface area (Å²) in [6.45, 7) is 14.2. The molecule has 0 fully saturated rings. The van der Waals surface area contributed by atoms with Crippen LogP contribution in [0.15, 0.2) is 41.8 Å². The summed E-state index contributed by atoms with van der Waals surface area (Å²) >= 11 is 0. The van der Waals surface area contributed by atoms with Crippen molar-refractivity contribution in [1.82, 2.24) is 0 Å². The molecule has 0 aliphatic carbocycles. The van der Waals surface area contributed by atoms with Crippen molar-refractivity contribution in [3.63, 3.8) is 0 Å². The summed E-state index contributed by atoms with van der Waals surface area (Å²) in [4.78, 5) is 3.54. The first-order valence-corrected chi connectivity index (χ1v) is 3.76. The predicted molar refractivity (Wildman–Crippen MR) is 51.9 cm³/mol. The van der Waals surface area contributed by atoms with Gasteiger partial charge in [-0.05, 0) is 31.1 Å². The Morgan fingerprint density at radius 2 is 1.83 bits per heavy atom. The van der Waals surface area contributed by atoms with Crippen LogP contribution in [0.5, 0.6) is 0 Å². The Morgan fingerprint density at radius 3 is 2.17 bits per heavy atom. The fraction of sp³-hybridized carbons (Fsp3) is 0.300. The van der Waals surface area contributed by atoms with E-state index in [0.717, 1.165) is 12.0 Å². The molecule has 0 heterocycles. The lowest BCUT2D eigenvalue weighted by Crippen LogP contribution is -1.98. The molecule has 0 aromatic carbocycles. The molecule has 12 heavy (non-hydrogen) atoms. The van der Waals surface area contributed by atoms with Gasteiger partial charge in [-0.1, -0.05) is 20.1 Å². The molecule has 0 unspecified atom stereocenters. The standard InChI is InChI=1S/C10H14FN/c1-6-7(2)8(3)9(4)12-10(5)11/h2-3,5-6H2,1,4H3/b12-9-. The molecule has 0 atom stereocenters. The molecule has 0 saturated carbocycles. The Morgan fingerprint density at radius 1 is 1.33 bits per heavy atom. The number of halogens is 1. The van der Waals surface area contributed by atoms with Gasteiger partial charge in [0, 0.05) is 5.71 Å². The fourth-order valence-corrected chi connectivity index (χ4v) is 0.719. The topological polar surface area (TPSA) is 12.4 Å².